The molecule has 5 fully saturated rings. The first-order valence-corrected chi connectivity index (χ1v) is 10.8. The molecule has 6 nitrogen and oxygen atoms in total. The number of hydrogen-bond donors (Lipinski definition) is 0. The van der Waals surface area contributed by atoms with Gasteiger partial charge in [-0.15, -0.1) is 0 Å². The summed E-state index contributed by atoms with van der Waals surface area (Å²) in [7, 11) is 4.34. The van der Waals surface area contributed by atoms with Crippen molar-refractivity contribution in [1.82, 2.24) is 24.6 Å². The maximum Gasteiger partial charge on any atom is 0.228 e. The van der Waals surface area contributed by atoms with E-state index in [1.54, 1.807) is 6.33 Å². The summed E-state index contributed by atoms with van der Waals surface area (Å²) < 4.78 is 2.11. The summed E-state index contributed by atoms with van der Waals surface area (Å²) in [5.41, 5.74) is -0.109. The van der Waals surface area contributed by atoms with E-state index in [0.29, 0.717) is 23.8 Å². The highest BCUT2D eigenvalue weighted by atomic mass is 16.2. The number of hydrogen-bond acceptors (Lipinski definition) is 4. The van der Waals surface area contributed by atoms with Crippen LogP contribution in [0.4, 0.5) is 0 Å². The van der Waals surface area contributed by atoms with Crippen LogP contribution < -0.4 is 0 Å². The Hall–Kier alpha value is -1.43. The molecule has 1 aromatic rings. The average Bonchev–Trinajstić information content (AvgIpc) is 3.06. The molecule has 3 unspecified atom stereocenters. The van der Waals surface area contributed by atoms with Gasteiger partial charge in [0, 0.05) is 19.1 Å². The minimum Gasteiger partial charge on any atom is -0.342 e. The van der Waals surface area contributed by atoms with Gasteiger partial charge in [0.25, 0.3) is 0 Å². The molecule has 2 heterocycles. The van der Waals surface area contributed by atoms with Crippen LogP contribution in [0.3, 0.4) is 0 Å². The molecule has 6 heteroatoms. The van der Waals surface area contributed by atoms with Gasteiger partial charge < -0.3 is 9.80 Å². The summed E-state index contributed by atoms with van der Waals surface area (Å²) in [5.74, 6) is 1.82. The molecular formula is C21H33N5O. The molecule has 3 atom stereocenters. The van der Waals surface area contributed by atoms with Crippen LogP contribution in [0.5, 0.6) is 0 Å². The Kier molecular flexibility index (Phi) is 4.12. The Morgan fingerprint density at radius 3 is 2.56 bits per heavy atom. The zero-order valence-electron chi connectivity index (χ0n) is 16.8. The maximum absolute atomic E-state index is 13.9. The van der Waals surface area contributed by atoms with Gasteiger partial charge in [-0.3, -0.25) is 4.79 Å². The summed E-state index contributed by atoms with van der Waals surface area (Å²) in [6.45, 7) is 1.87. The van der Waals surface area contributed by atoms with E-state index >= 15 is 0 Å². The van der Waals surface area contributed by atoms with Gasteiger partial charge in [0.1, 0.15) is 12.7 Å². The average molecular weight is 372 g/mol. The van der Waals surface area contributed by atoms with E-state index in [1.807, 2.05) is 6.33 Å². The molecule has 1 aliphatic heterocycles. The van der Waals surface area contributed by atoms with Gasteiger partial charge in [-0.1, -0.05) is 0 Å². The van der Waals surface area contributed by atoms with Crippen LogP contribution in [0, 0.1) is 17.3 Å². The summed E-state index contributed by atoms with van der Waals surface area (Å²) in [5, 5.41) is 4.53. The van der Waals surface area contributed by atoms with Crippen LogP contribution in [0.2, 0.25) is 0 Å². The van der Waals surface area contributed by atoms with Crippen LogP contribution in [0.1, 0.15) is 57.8 Å². The number of carbonyl (C=O) groups is 1. The van der Waals surface area contributed by atoms with Crippen molar-refractivity contribution in [3.63, 3.8) is 0 Å². The van der Waals surface area contributed by atoms with E-state index in [-0.39, 0.29) is 11.0 Å². The predicted molar refractivity (Wildman–Crippen MR) is 103 cm³/mol. The van der Waals surface area contributed by atoms with Gasteiger partial charge in [0.05, 0.1) is 11.0 Å². The molecular weight excluding hydrogens is 338 g/mol. The molecule has 0 N–H and O–H groups in total. The Balaban J connectivity index is 1.40. The molecule has 0 radical (unpaired) electrons. The van der Waals surface area contributed by atoms with Gasteiger partial charge in [-0.25, -0.2) is 9.67 Å². The quantitative estimate of drug-likeness (QED) is 0.819. The standard InChI is InChI=1S/C21H33N5O/c1-24(2)18-4-3-6-25(7-5-18)19(27)20-9-16-8-17(10-20)12-21(11-16,13-20)26-15-22-14-23-26/h14-18H,3-13H2,1-2H3. The highest BCUT2D eigenvalue weighted by Gasteiger charge is 2.62. The molecule has 1 aromatic heterocycles. The lowest BCUT2D eigenvalue weighted by Crippen LogP contribution is -2.61. The van der Waals surface area contributed by atoms with Crippen molar-refractivity contribution < 1.29 is 4.79 Å². The molecule has 0 aromatic carbocycles. The van der Waals surface area contributed by atoms with Crippen molar-refractivity contribution in [1.29, 1.82) is 0 Å². The maximum atomic E-state index is 13.9. The van der Waals surface area contributed by atoms with Crippen LogP contribution in [-0.4, -0.2) is 63.7 Å². The number of amides is 1. The van der Waals surface area contributed by atoms with E-state index in [4.69, 9.17) is 0 Å². The fourth-order valence-corrected chi connectivity index (χ4v) is 7.32. The number of nitrogens with zero attached hydrogens (tertiary/aromatic N) is 5. The second kappa shape index (κ2) is 6.29. The number of likely N-dealkylation sites (tertiary alicyclic amines) is 1. The zero-order valence-corrected chi connectivity index (χ0v) is 16.8. The number of carbonyl (C=O) groups excluding carboxylic acids is 1. The second-order valence-corrected chi connectivity index (χ2v) is 10.1. The lowest BCUT2D eigenvalue weighted by Gasteiger charge is -2.61. The summed E-state index contributed by atoms with van der Waals surface area (Å²) in [6, 6.07) is 0.612. The van der Waals surface area contributed by atoms with Crippen LogP contribution >= 0.6 is 0 Å². The SMILES string of the molecule is CN(C)C1CCCN(C(=O)C23CC4CC(C2)CC(n2cncn2)(C4)C3)CC1. The number of rotatable bonds is 3. The van der Waals surface area contributed by atoms with Crippen molar-refractivity contribution in [2.24, 2.45) is 17.3 Å². The summed E-state index contributed by atoms with van der Waals surface area (Å²) in [6.07, 6.45) is 13.9. The van der Waals surface area contributed by atoms with Crippen molar-refractivity contribution in [2.75, 3.05) is 27.2 Å². The van der Waals surface area contributed by atoms with E-state index in [9.17, 15) is 4.79 Å². The molecule has 6 rings (SSSR count). The third kappa shape index (κ3) is 2.82. The van der Waals surface area contributed by atoms with E-state index in [2.05, 4.69) is 38.7 Å². The zero-order chi connectivity index (χ0) is 18.6. The van der Waals surface area contributed by atoms with E-state index in [1.165, 1.54) is 25.7 Å². The Labute approximate surface area is 162 Å². The fraction of sp³-hybridized carbons (Fsp3) is 0.857. The molecule has 1 saturated heterocycles. The van der Waals surface area contributed by atoms with Gasteiger partial charge in [-0.05, 0) is 83.7 Å². The van der Waals surface area contributed by atoms with Gasteiger partial charge >= 0.3 is 0 Å². The molecule has 148 valence electrons. The number of aromatic nitrogens is 3. The topological polar surface area (TPSA) is 54.3 Å². The summed E-state index contributed by atoms with van der Waals surface area (Å²) in [4.78, 5) is 22.6. The van der Waals surface area contributed by atoms with Crippen LogP contribution in [0.25, 0.3) is 0 Å². The monoisotopic (exact) mass is 371 g/mol. The van der Waals surface area contributed by atoms with E-state index < -0.39 is 0 Å². The first kappa shape index (κ1) is 17.7. The largest absolute Gasteiger partial charge is 0.342 e. The van der Waals surface area contributed by atoms with Gasteiger partial charge in [-0.2, -0.15) is 5.10 Å². The first-order valence-electron chi connectivity index (χ1n) is 10.8. The molecule has 4 bridgehead atoms. The Morgan fingerprint density at radius 2 is 1.89 bits per heavy atom. The van der Waals surface area contributed by atoms with Crippen molar-refractivity contribution in [3.05, 3.63) is 12.7 Å². The molecule has 4 saturated carbocycles. The lowest BCUT2D eigenvalue weighted by molar-refractivity contribution is -0.166. The molecule has 0 spiro atoms. The third-order valence-corrected chi connectivity index (χ3v) is 8.10. The minimum atomic E-state index is -0.145. The second-order valence-electron chi connectivity index (χ2n) is 10.1. The molecule has 4 aliphatic carbocycles. The smallest absolute Gasteiger partial charge is 0.228 e. The lowest BCUT2D eigenvalue weighted by atomic mass is 9.46. The molecule has 5 aliphatic rings. The normalized spacial score (nSPS) is 41.1. The summed E-state index contributed by atoms with van der Waals surface area (Å²) >= 11 is 0. The highest BCUT2D eigenvalue weighted by molar-refractivity contribution is 5.83. The minimum absolute atomic E-state index is 0.0360. The van der Waals surface area contributed by atoms with Crippen molar-refractivity contribution in [3.8, 4) is 0 Å². The molecule has 1 amide bonds. The van der Waals surface area contributed by atoms with Crippen molar-refractivity contribution >= 4 is 5.91 Å². The van der Waals surface area contributed by atoms with Gasteiger partial charge in [0.2, 0.25) is 5.91 Å². The Morgan fingerprint density at radius 1 is 1.11 bits per heavy atom. The highest BCUT2D eigenvalue weighted by Crippen LogP contribution is 2.64. The van der Waals surface area contributed by atoms with Crippen LogP contribution in [0.15, 0.2) is 12.7 Å². The van der Waals surface area contributed by atoms with E-state index in [0.717, 1.165) is 45.2 Å². The Bertz CT molecular complexity index is 685. The first-order chi connectivity index (χ1) is 13.0. The van der Waals surface area contributed by atoms with Gasteiger partial charge in [0.15, 0.2) is 0 Å². The molecule has 27 heavy (non-hydrogen) atoms. The fourth-order valence-electron chi connectivity index (χ4n) is 7.32. The predicted octanol–water partition coefficient (Wildman–Crippen LogP) is 2.52. The van der Waals surface area contributed by atoms with Crippen LogP contribution in [-0.2, 0) is 10.3 Å². The third-order valence-electron chi connectivity index (χ3n) is 8.10. The van der Waals surface area contributed by atoms with Crippen molar-refractivity contribution in [2.45, 2.75) is 69.4 Å².